The molecule has 2 amide bonds. The highest BCUT2D eigenvalue weighted by molar-refractivity contribution is 5.95. The predicted octanol–water partition coefficient (Wildman–Crippen LogP) is 4.26. The number of hydrogen-bond acceptors (Lipinski definition) is 3. The summed E-state index contributed by atoms with van der Waals surface area (Å²) in [4.78, 5) is 27.5. The molecule has 0 aliphatic carbocycles. The van der Waals surface area contributed by atoms with E-state index in [4.69, 9.17) is 4.74 Å². The van der Waals surface area contributed by atoms with E-state index in [0.29, 0.717) is 25.2 Å². The number of carbonyl (C=O) groups excluding carboxylic acids is 2. The van der Waals surface area contributed by atoms with E-state index in [1.54, 1.807) is 0 Å². The molecule has 0 bridgehead atoms. The molecule has 5 nitrogen and oxygen atoms in total. The van der Waals surface area contributed by atoms with Gasteiger partial charge in [0, 0.05) is 25.2 Å². The Kier molecular flexibility index (Phi) is 7.14. The van der Waals surface area contributed by atoms with Gasteiger partial charge in [-0.15, -0.1) is 0 Å². The first-order valence-corrected chi connectivity index (χ1v) is 10.7. The maximum Gasteiger partial charge on any atom is 0.253 e. The van der Waals surface area contributed by atoms with Crippen molar-refractivity contribution in [3.05, 3.63) is 64.7 Å². The summed E-state index contributed by atoms with van der Waals surface area (Å²) in [6.45, 7) is 9.63. The minimum absolute atomic E-state index is 0.00966. The number of nitrogens with one attached hydrogen (secondary N) is 1. The van der Waals surface area contributed by atoms with Crippen LogP contribution in [0.1, 0.15) is 53.7 Å². The molecule has 0 spiro atoms. The monoisotopic (exact) mass is 408 g/mol. The Morgan fingerprint density at radius 1 is 1.10 bits per heavy atom. The zero-order chi connectivity index (χ0) is 21.7. The first-order chi connectivity index (χ1) is 14.3. The number of benzene rings is 2. The van der Waals surface area contributed by atoms with Gasteiger partial charge in [0.15, 0.2) is 0 Å². The number of carbonyl (C=O) groups is 2. The number of likely N-dealkylation sites (tertiary alicyclic amines) is 1. The fourth-order valence-electron chi connectivity index (χ4n) is 3.95. The van der Waals surface area contributed by atoms with Gasteiger partial charge >= 0.3 is 0 Å². The van der Waals surface area contributed by atoms with Crippen molar-refractivity contribution in [2.45, 2.75) is 53.2 Å². The van der Waals surface area contributed by atoms with Gasteiger partial charge in [-0.2, -0.15) is 0 Å². The SMILES string of the molecule is Cc1cc(C)cc(C(=O)N2CCC[C@@H](C(=O)NCc3ccc(OC(C)C)cc3)C2)c1. The van der Waals surface area contributed by atoms with Gasteiger partial charge in [0.2, 0.25) is 5.91 Å². The molecule has 1 heterocycles. The molecule has 0 saturated carbocycles. The molecule has 1 fully saturated rings. The van der Waals surface area contributed by atoms with Crippen LogP contribution in [-0.2, 0) is 11.3 Å². The second-order valence-electron chi connectivity index (χ2n) is 8.50. The number of rotatable bonds is 6. The van der Waals surface area contributed by atoms with E-state index in [1.165, 1.54) is 0 Å². The molecule has 0 unspecified atom stereocenters. The molecule has 5 heteroatoms. The van der Waals surface area contributed by atoms with E-state index in [0.717, 1.165) is 35.3 Å². The third kappa shape index (κ3) is 5.85. The van der Waals surface area contributed by atoms with E-state index in [-0.39, 0.29) is 23.8 Å². The quantitative estimate of drug-likeness (QED) is 0.777. The van der Waals surface area contributed by atoms with E-state index >= 15 is 0 Å². The average molecular weight is 409 g/mol. The summed E-state index contributed by atoms with van der Waals surface area (Å²) in [5.74, 6) is 0.681. The number of nitrogens with zero attached hydrogens (tertiary/aromatic N) is 1. The summed E-state index contributed by atoms with van der Waals surface area (Å²) < 4.78 is 5.65. The maximum absolute atomic E-state index is 12.9. The maximum atomic E-state index is 12.9. The van der Waals surface area contributed by atoms with Crippen molar-refractivity contribution >= 4 is 11.8 Å². The van der Waals surface area contributed by atoms with Crippen LogP contribution in [0.15, 0.2) is 42.5 Å². The Hall–Kier alpha value is -2.82. The highest BCUT2D eigenvalue weighted by atomic mass is 16.5. The van der Waals surface area contributed by atoms with Crippen LogP contribution in [0, 0.1) is 19.8 Å². The van der Waals surface area contributed by atoms with Crippen LogP contribution in [0.4, 0.5) is 0 Å². The number of aryl methyl sites for hydroxylation is 2. The van der Waals surface area contributed by atoms with Crippen LogP contribution in [0.25, 0.3) is 0 Å². The van der Waals surface area contributed by atoms with Gasteiger partial charge in [0.25, 0.3) is 5.91 Å². The van der Waals surface area contributed by atoms with E-state index in [9.17, 15) is 9.59 Å². The van der Waals surface area contributed by atoms with Crippen molar-refractivity contribution < 1.29 is 14.3 Å². The molecule has 2 aromatic rings. The number of piperidine rings is 1. The van der Waals surface area contributed by atoms with Gasteiger partial charge in [-0.25, -0.2) is 0 Å². The fraction of sp³-hybridized carbons (Fsp3) is 0.440. The van der Waals surface area contributed by atoms with Gasteiger partial charge in [-0.3, -0.25) is 9.59 Å². The molecule has 1 atom stereocenters. The van der Waals surface area contributed by atoms with Crippen LogP contribution in [0.2, 0.25) is 0 Å². The third-order valence-electron chi connectivity index (χ3n) is 5.31. The lowest BCUT2D eigenvalue weighted by Crippen LogP contribution is -2.45. The Morgan fingerprint density at radius 2 is 1.77 bits per heavy atom. The van der Waals surface area contributed by atoms with Crippen LogP contribution >= 0.6 is 0 Å². The molecule has 0 radical (unpaired) electrons. The molecule has 1 N–H and O–H groups in total. The Balaban J connectivity index is 1.55. The summed E-state index contributed by atoms with van der Waals surface area (Å²) in [6.07, 6.45) is 1.79. The fourth-order valence-corrected chi connectivity index (χ4v) is 3.95. The van der Waals surface area contributed by atoms with Gasteiger partial charge < -0.3 is 15.0 Å². The molecule has 0 aromatic heterocycles. The smallest absolute Gasteiger partial charge is 0.253 e. The topological polar surface area (TPSA) is 58.6 Å². The third-order valence-corrected chi connectivity index (χ3v) is 5.31. The first-order valence-electron chi connectivity index (χ1n) is 10.7. The van der Waals surface area contributed by atoms with Crippen LogP contribution in [0.3, 0.4) is 0 Å². The summed E-state index contributed by atoms with van der Waals surface area (Å²) in [5.41, 5.74) is 3.89. The minimum atomic E-state index is -0.169. The molecule has 1 aliphatic heterocycles. The van der Waals surface area contributed by atoms with Crippen molar-refractivity contribution in [2.75, 3.05) is 13.1 Å². The standard InChI is InChI=1S/C25H32N2O3/c1-17(2)30-23-9-7-20(8-10-23)15-26-24(28)21-6-5-11-27(16-21)25(29)22-13-18(3)12-19(4)14-22/h7-10,12-14,17,21H,5-6,11,15-16H2,1-4H3,(H,26,28)/t21-/m1/s1. The predicted molar refractivity (Wildman–Crippen MR) is 119 cm³/mol. The first kappa shape index (κ1) is 21.9. The zero-order valence-corrected chi connectivity index (χ0v) is 18.4. The summed E-state index contributed by atoms with van der Waals surface area (Å²) in [7, 11) is 0. The van der Waals surface area contributed by atoms with E-state index in [1.807, 2.05) is 69.0 Å². The Labute approximate surface area is 179 Å². The molecular formula is C25H32N2O3. The van der Waals surface area contributed by atoms with Crippen molar-refractivity contribution in [2.24, 2.45) is 5.92 Å². The lowest BCUT2D eigenvalue weighted by Gasteiger charge is -2.32. The molecule has 1 saturated heterocycles. The number of amides is 2. The molecular weight excluding hydrogens is 376 g/mol. The molecule has 160 valence electrons. The minimum Gasteiger partial charge on any atom is -0.491 e. The van der Waals surface area contributed by atoms with Crippen molar-refractivity contribution in [1.82, 2.24) is 10.2 Å². The van der Waals surface area contributed by atoms with E-state index < -0.39 is 0 Å². The van der Waals surface area contributed by atoms with Crippen LogP contribution in [0.5, 0.6) is 5.75 Å². The zero-order valence-electron chi connectivity index (χ0n) is 18.4. The van der Waals surface area contributed by atoms with Gasteiger partial charge in [-0.05, 0) is 70.4 Å². The summed E-state index contributed by atoms with van der Waals surface area (Å²) in [5, 5.41) is 3.03. The number of ether oxygens (including phenoxy) is 1. The van der Waals surface area contributed by atoms with Gasteiger partial charge in [0.1, 0.15) is 5.75 Å². The summed E-state index contributed by atoms with van der Waals surface area (Å²) in [6, 6.07) is 13.7. The molecule has 30 heavy (non-hydrogen) atoms. The number of hydrogen-bond donors (Lipinski definition) is 1. The van der Waals surface area contributed by atoms with Gasteiger partial charge in [-0.1, -0.05) is 29.3 Å². The van der Waals surface area contributed by atoms with Crippen molar-refractivity contribution in [3.8, 4) is 5.75 Å². The largest absolute Gasteiger partial charge is 0.491 e. The average Bonchev–Trinajstić information content (AvgIpc) is 2.71. The summed E-state index contributed by atoms with van der Waals surface area (Å²) >= 11 is 0. The normalized spacial score (nSPS) is 16.4. The Morgan fingerprint density at radius 3 is 2.40 bits per heavy atom. The van der Waals surface area contributed by atoms with Gasteiger partial charge in [0.05, 0.1) is 12.0 Å². The van der Waals surface area contributed by atoms with E-state index in [2.05, 4.69) is 11.4 Å². The van der Waals surface area contributed by atoms with Crippen LogP contribution < -0.4 is 10.1 Å². The molecule has 3 rings (SSSR count). The lowest BCUT2D eigenvalue weighted by atomic mass is 9.96. The highest BCUT2D eigenvalue weighted by Gasteiger charge is 2.29. The molecule has 1 aliphatic rings. The van der Waals surface area contributed by atoms with Crippen LogP contribution in [-0.4, -0.2) is 35.9 Å². The second kappa shape index (κ2) is 9.79. The Bertz CT molecular complexity index is 870. The van der Waals surface area contributed by atoms with Crippen molar-refractivity contribution in [3.63, 3.8) is 0 Å². The van der Waals surface area contributed by atoms with Crippen molar-refractivity contribution in [1.29, 1.82) is 0 Å². The molecule has 2 aromatic carbocycles. The lowest BCUT2D eigenvalue weighted by molar-refractivity contribution is -0.126. The second-order valence-corrected chi connectivity index (χ2v) is 8.50. The highest BCUT2D eigenvalue weighted by Crippen LogP contribution is 2.20.